The molecule has 0 bridgehead atoms. The summed E-state index contributed by atoms with van der Waals surface area (Å²) in [5, 5.41) is 3.13. The van der Waals surface area contributed by atoms with Gasteiger partial charge in [-0.3, -0.25) is 4.98 Å². The summed E-state index contributed by atoms with van der Waals surface area (Å²) >= 11 is 0. The van der Waals surface area contributed by atoms with Crippen molar-refractivity contribution in [2.45, 2.75) is 13.5 Å². The van der Waals surface area contributed by atoms with Crippen molar-refractivity contribution < 1.29 is 4.74 Å². The van der Waals surface area contributed by atoms with E-state index in [9.17, 15) is 0 Å². The van der Waals surface area contributed by atoms with E-state index in [4.69, 9.17) is 4.74 Å². The first kappa shape index (κ1) is 11.6. The second kappa shape index (κ2) is 5.46. The predicted octanol–water partition coefficient (Wildman–Crippen LogP) is 2.90. The normalized spacial score (nSPS) is 10.2. The zero-order chi connectivity index (χ0) is 12.1. The van der Waals surface area contributed by atoms with Crippen molar-refractivity contribution in [2.75, 3.05) is 7.05 Å². The van der Waals surface area contributed by atoms with Crippen molar-refractivity contribution in [1.82, 2.24) is 10.3 Å². The highest BCUT2D eigenvalue weighted by molar-refractivity contribution is 5.37. The second-order valence-corrected chi connectivity index (χ2v) is 3.87. The molecule has 0 amide bonds. The number of para-hydroxylation sites is 1. The fraction of sp³-hybridized carbons (Fsp3) is 0.214. The molecule has 0 aliphatic carbocycles. The number of aromatic nitrogens is 1. The quantitative estimate of drug-likeness (QED) is 0.873. The molecular formula is C14H16N2O. The first-order chi connectivity index (χ1) is 8.29. The van der Waals surface area contributed by atoms with E-state index in [0.29, 0.717) is 0 Å². The molecule has 3 nitrogen and oxygen atoms in total. The molecule has 1 aromatic carbocycles. The molecule has 0 saturated heterocycles. The summed E-state index contributed by atoms with van der Waals surface area (Å²) in [4.78, 5) is 4.15. The van der Waals surface area contributed by atoms with Gasteiger partial charge in [0.15, 0.2) is 0 Å². The van der Waals surface area contributed by atoms with Crippen LogP contribution in [0.1, 0.15) is 11.3 Å². The number of hydrogen-bond donors (Lipinski definition) is 1. The summed E-state index contributed by atoms with van der Waals surface area (Å²) in [6.45, 7) is 2.74. The van der Waals surface area contributed by atoms with Crippen LogP contribution < -0.4 is 10.1 Å². The lowest BCUT2D eigenvalue weighted by atomic mass is 10.2. The lowest BCUT2D eigenvalue weighted by Gasteiger charge is -2.10. The van der Waals surface area contributed by atoms with Crippen molar-refractivity contribution in [3.8, 4) is 11.5 Å². The summed E-state index contributed by atoms with van der Waals surface area (Å²) in [6, 6.07) is 11.8. The van der Waals surface area contributed by atoms with Crippen LogP contribution in [0.2, 0.25) is 0 Å². The van der Waals surface area contributed by atoms with E-state index < -0.39 is 0 Å². The highest BCUT2D eigenvalue weighted by Crippen LogP contribution is 2.25. The molecule has 0 spiro atoms. The van der Waals surface area contributed by atoms with Gasteiger partial charge in [-0.2, -0.15) is 0 Å². The van der Waals surface area contributed by atoms with Gasteiger partial charge in [-0.1, -0.05) is 18.2 Å². The van der Waals surface area contributed by atoms with E-state index in [-0.39, 0.29) is 0 Å². The van der Waals surface area contributed by atoms with E-state index in [1.165, 1.54) is 0 Å². The Morgan fingerprint density at radius 2 is 2.06 bits per heavy atom. The van der Waals surface area contributed by atoms with E-state index >= 15 is 0 Å². The van der Waals surface area contributed by atoms with Crippen molar-refractivity contribution in [3.63, 3.8) is 0 Å². The Kier molecular flexibility index (Phi) is 3.73. The van der Waals surface area contributed by atoms with Crippen molar-refractivity contribution in [2.24, 2.45) is 0 Å². The van der Waals surface area contributed by atoms with Crippen molar-refractivity contribution in [1.29, 1.82) is 0 Å². The topological polar surface area (TPSA) is 34.1 Å². The van der Waals surface area contributed by atoms with Gasteiger partial charge in [0.05, 0.1) is 0 Å². The Morgan fingerprint density at radius 3 is 2.82 bits per heavy atom. The van der Waals surface area contributed by atoms with Crippen LogP contribution >= 0.6 is 0 Å². The van der Waals surface area contributed by atoms with Crippen LogP contribution in [0.15, 0.2) is 42.6 Å². The Hall–Kier alpha value is -1.87. The minimum Gasteiger partial charge on any atom is -0.457 e. The molecule has 17 heavy (non-hydrogen) atoms. The zero-order valence-corrected chi connectivity index (χ0v) is 10.1. The molecule has 0 unspecified atom stereocenters. The van der Waals surface area contributed by atoms with Crippen molar-refractivity contribution >= 4 is 0 Å². The molecule has 0 saturated carbocycles. The maximum Gasteiger partial charge on any atom is 0.131 e. The molecule has 0 aliphatic rings. The molecule has 2 aromatic rings. The number of rotatable bonds is 4. The van der Waals surface area contributed by atoms with Gasteiger partial charge < -0.3 is 10.1 Å². The van der Waals surface area contributed by atoms with Gasteiger partial charge in [0.25, 0.3) is 0 Å². The number of benzene rings is 1. The molecule has 3 heteroatoms. The fourth-order valence-electron chi connectivity index (χ4n) is 1.65. The number of nitrogens with one attached hydrogen (secondary N) is 1. The van der Waals surface area contributed by atoms with Gasteiger partial charge in [0, 0.05) is 30.1 Å². The SMILES string of the molecule is CNCc1ccccc1Oc1ccnc(C)c1. The first-order valence-corrected chi connectivity index (χ1v) is 5.62. The van der Waals surface area contributed by atoms with Crippen molar-refractivity contribution in [3.05, 3.63) is 53.9 Å². The standard InChI is InChI=1S/C14H16N2O/c1-11-9-13(7-8-16-11)17-14-6-4-3-5-12(14)10-15-2/h3-9,15H,10H2,1-2H3. The molecule has 1 heterocycles. The van der Waals surface area contributed by atoms with Gasteiger partial charge in [-0.05, 0) is 26.1 Å². The lowest BCUT2D eigenvalue weighted by molar-refractivity contribution is 0.473. The minimum absolute atomic E-state index is 0.792. The van der Waals surface area contributed by atoms with Gasteiger partial charge in [0.1, 0.15) is 11.5 Å². The maximum atomic E-state index is 5.86. The highest BCUT2D eigenvalue weighted by Gasteiger charge is 2.03. The lowest BCUT2D eigenvalue weighted by Crippen LogP contribution is -2.06. The van der Waals surface area contributed by atoms with Crippen LogP contribution in [0, 0.1) is 6.92 Å². The third-order valence-corrected chi connectivity index (χ3v) is 2.44. The first-order valence-electron chi connectivity index (χ1n) is 5.62. The molecule has 2 rings (SSSR count). The molecule has 0 aliphatic heterocycles. The van der Waals surface area contributed by atoms with Crippen LogP contribution in [0.3, 0.4) is 0 Å². The molecule has 0 atom stereocenters. The van der Waals surface area contributed by atoms with Gasteiger partial charge in [-0.25, -0.2) is 0 Å². The van der Waals surface area contributed by atoms with E-state index in [1.54, 1.807) is 6.20 Å². The average Bonchev–Trinajstić information content (AvgIpc) is 2.32. The third kappa shape index (κ3) is 3.04. The Balaban J connectivity index is 2.23. The molecule has 1 aromatic heterocycles. The van der Waals surface area contributed by atoms with Crippen LogP contribution in [0.4, 0.5) is 0 Å². The second-order valence-electron chi connectivity index (χ2n) is 3.87. The van der Waals surface area contributed by atoms with Gasteiger partial charge in [-0.15, -0.1) is 0 Å². The monoisotopic (exact) mass is 228 g/mol. The Bertz CT molecular complexity index is 497. The van der Waals surface area contributed by atoms with Crippen LogP contribution in [0.25, 0.3) is 0 Å². The average molecular weight is 228 g/mol. The molecule has 88 valence electrons. The van der Waals surface area contributed by atoms with Gasteiger partial charge in [0.2, 0.25) is 0 Å². The van der Waals surface area contributed by atoms with E-state index in [2.05, 4.69) is 16.4 Å². The molecule has 1 N–H and O–H groups in total. The number of hydrogen-bond acceptors (Lipinski definition) is 3. The molecular weight excluding hydrogens is 212 g/mol. The summed E-state index contributed by atoms with van der Waals surface area (Å²) in [7, 11) is 1.92. The van der Waals surface area contributed by atoms with E-state index in [1.807, 2.05) is 44.3 Å². The van der Waals surface area contributed by atoms with Crippen LogP contribution in [-0.2, 0) is 6.54 Å². The number of ether oxygens (including phenoxy) is 1. The third-order valence-electron chi connectivity index (χ3n) is 2.44. The summed E-state index contributed by atoms with van der Waals surface area (Å²) < 4.78 is 5.86. The van der Waals surface area contributed by atoms with E-state index in [0.717, 1.165) is 29.3 Å². The molecule has 0 radical (unpaired) electrons. The predicted molar refractivity (Wildman–Crippen MR) is 68.3 cm³/mol. The Morgan fingerprint density at radius 1 is 1.24 bits per heavy atom. The van der Waals surface area contributed by atoms with Crippen LogP contribution in [0.5, 0.6) is 11.5 Å². The maximum absolute atomic E-state index is 5.86. The smallest absolute Gasteiger partial charge is 0.131 e. The van der Waals surface area contributed by atoms with Gasteiger partial charge >= 0.3 is 0 Å². The Labute approximate surface area is 101 Å². The number of nitrogens with zero attached hydrogens (tertiary/aromatic N) is 1. The summed E-state index contributed by atoms with van der Waals surface area (Å²) in [5.41, 5.74) is 2.10. The number of aryl methyl sites for hydroxylation is 1. The molecule has 0 fully saturated rings. The summed E-state index contributed by atoms with van der Waals surface area (Å²) in [5.74, 6) is 1.70. The van der Waals surface area contributed by atoms with Crippen LogP contribution in [-0.4, -0.2) is 12.0 Å². The highest BCUT2D eigenvalue weighted by atomic mass is 16.5. The summed E-state index contributed by atoms with van der Waals surface area (Å²) in [6.07, 6.45) is 1.76. The zero-order valence-electron chi connectivity index (χ0n) is 10.1. The number of pyridine rings is 1. The fourth-order valence-corrected chi connectivity index (χ4v) is 1.65. The largest absolute Gasteiger partial charge is 0.457 e. The minimum atomic E-state index is 0.792.